The Balaban J connectivity index is 4.08. The molecule has 5 heteroatoms. The lowest BCUT2D eigenvalue weighted by atomic mass is 10.2. The van der Waals surface area contributed by atoms with Gasteiger partial charge in [0, 0.05) is 19.9 Å². The van der Waals surface area contributed by atoms with E-state index in [2.05, 4.69) is 17.2 Å². The van der Waals surface area contributed by atoms with Gasteiger partial charge in [-0.3, -0.25) is 9.59 Å². The molecular formula is C10H16N2O3. The van der Waals surface area contributed by atoms with Crippen molar-refractivity contribution in [2.24, 2.45) is 0 Å². The zero-order valence-electron chi connectivity index (χ0n) is 8.79. The molecule has 0 aliphatic rings. The van der Waals surface area contributed by atoms with Crippen molar-refractivity contribution in [2.75, 3.05) is 6.54 Å². The molecule has 0 saturated carbocycles. The molecule has 2 N–H and O–H groups in total. The molecule has 1 unspecified atom stereocenters. The number of amides is 2. The van der Waals surface area contributed by atoms with Crippen LogP contribution in [0.3, 0.4) is 0 Å². The zero-order chi connectivity index (χ0) is 11.7. The van der Waals surface area contributed by atoms with Crippen LogP contribution in [-0.4, -0.2) is 30.7 Å². The van der Waals surface area contributed by atoms with Crippen LogP contribution in [-0.2, 0) is 14.4 Å². The Kier molecular flexibility index (Phi) is 6.88. The summed E-state index contributed by atoms with van der Waals surface area (Å²) < 4.78 is 0. The van der Waals surface area contributed by atoms with Gasteiger partial charge >= 0.3 is 0 Å². The van der Waals surface area contributed by atoms with Crippen molar-refractivity contribution in [1.29, 1.82) is 0 Å². The number of rotatable bonds is 7. The van der Waals surface area contributed by atoms with Crippen LogP contribution in [0.4, 0.5) is 0 Å². The molecule has 15 heavy (non-hydrogen) atoms. The van der Waals surface area contributed by atoms with Gasteiger partial charge in [0.25, 0.3) is 0 Å². The van der Waals surface area contributed by atoms with Crippen LogP contribution < -0.4 is 10.6 Å². The first kappa shape index (κ1) is 13.4. The molecule has 0 aromatic heterocycles. The fraction of sp³-hybridized carbons (Fsp3) is 0.500. The molecule has 1 atom stereocenters. The summed E-state index contributed by atoms with van der Waals surface area (Å²) in [6.45, 7) is 5.13. The first-order chi connectivity index (χ1) is 7.11. The predicted octanol–water partition coefficient (Wildman–Crippen LogP) is -0.228. The van der Waals surface area contributed by atoms with Crippen molar-refractivity contribution in [3.05, 3.63) is 12.7 Å². The van der Waals surface area contributed by atoms with Gasteiger partial charge in [-0.1, -0.05) is 6.08 Å². The van der Waals surface area contributed by atoms with E-state index in [-0.39, 0.29) is 24.8 Å². The second kappa shape index (κ2) is 7.73. The summed E-state index contributed by atoms with van der Waals surface area (Å²) in [6, 6.07) is -0.605. The summed E-state index contributed by atoms with van der Waals surface area (Å²) in [4.78, 5) is 32.3. The van der Waals surface area contributed by atoms with Crippen LogP contribution in [0, 0.1) is 0 Å². The molecule has 0 heterocycles. The van der Waals surface area contributed by atoms with Crippen molar-refractivity contribution >= 4 is 18.1 Å². The van der Waals surface area contributed by atoms with E-state index in [0.717, 1.165) is 6.29 Å². The van der Waals surface area contributed by atoms with Gasteiger partial charge in [0.2, 0.25) is 11.8 Å². The summed E-state index contributed by atoms with van der Waals surface area (Å²) in [5, 5.41) is 5.04. The van der Waals surface area contributed by atoms with Gasteiger partial charge in [-0.25, -0.2) is 0 Å². The molecule has 0 saturated heterocycles. The minimum atomic E-state index is -0.605. The maximum absolute atomic E-state index is 11.5. The molecule has 0 aliphatic heterocycles. The number of carbonyl (C=O) groups is 3. The molecule has 0 radical (unpaired) electrons. The van der Waals surface area contributed by atoms with Crippen molar-refractivity contribution in [2.45, 2.75) is 25.8 Å². The summed E-state index contributed by atoms with van der Waals surface area (Å²) in [5.41, 5.74) is 0. The molecule has 0 aromatic rings. The quantitative estimate of drug-likeness (QED) is 0.348. The molecule has 0 bridgehead atoms. The summed E-state index contributed by atoms with van der Waals surface area (Å²) in [7, 11) is 0. The maximum atomic E-state index is 11.5. The molecule has 0 fully saturated rings. The number of hydrogen-bond donors (Lipinski definition) is 2. The van der Waals surface area contributed by atoms with E-state index in [1.54, 1.807) is 6.08 Å². The Bertz CT molecular complexity index is 251. The van der Waals surface area contributed by atoms with Crippen molar-refractivity contribution < 1.29 is 14.4 Å². The molecule has 2 amide bonds. The van der Waals surface area contributed by atoms with Gasteiger partial charge < -0.3 is 15.4 Å². The minimum absolute atomic E-state index is 0.270. The summed E-state index contributed by atoms with van der Waals surface area (Å²) in [5.74, 6) is -0.570. The van der Waals surface area contributed by atoms with E-state index in [9.17, 15) is 14.4 Å². The summed E-state index contributed by atoms with van der Waals surface area (Å²) in [6.07, 6.45) is 2.92. The van der Waals surface area contributed by atoms with Crippen LogP contribution in [0.2, 0.25) is 0 Å². The van der Waals surface area contributed by atoms with Crippen molar-refractivity contribution in [3.63, 3.8) is 0 Å². The number of carbonyl (C=O) groups excluding carboxylic acids is 3. The molecular weight excluding hydrogens is 196 g/mol. The highest BCUT2D eigenvalue weighted by Crippen LogP contribution is 1.93. The van der Waals surface area contributed by atoms with Gasteiger partial charge in [0.15, 0.2) is 0 Å². The van der Waals surface area contributed by atoms with Crippen molar-refractivity contribution in [1.82, 2.24) is 10.6 Å². The SMILES string of the molecule is C=CCC(NC(C)=O)C(=O)NCCC=O. The van der Waals surface area contributed by atoms with Crippen LogP contribution in [0.1, 0.15) is 19.8 Å². The standard InChI is InChI=1S/C10H16N2O3/c1-3-5-9(12-8(2)14)10(15)11-6-4-7-13/h3,7,9H,1,4-6H2,2H3,(H,11,15)(H,12,14). The van der Waals surface area contributed by atoms with E-state index in [1.165, 1.54) is 6.92 Å². The molecule has 0 aromatic carbocycles. The first-order valence-electron chi connectivity index (χ1n) is 4.71. The highest BCUT2D eigenvalue weighted by molar-refractivity contribution is 5.87. The lowest BCUT2D eigenvalue weighted by Crippen LogP contribution is -2.46. The highest BCUT2D eigenvalue weighted by atomic mass is 16.2. The lowest BCUT2D eigenvalue weighted by molar-refractivity contribution is -0.128. The van der Waals surface area contributed by atoms with Gasteiger partial charge in [-0.2, -0.15) is 0 Å². The number of aldehydes is 1. The van der Waals surface area contributed by atoms with Gasteiger partial charge in [0.1, 0.15) is 12.3 Å². The Morgan fingerprint density at radius 1 is 1.47 bits per heavy atom. The largest absolute Gasteiger partial charge is 0.354 e. The Morgan fingerprint density at radius 3 is 2.60 bits per heavy atom. The minimum Gasteiger partial charge on any atom is -0.354 e. The smallest absolute Gasteiger partial charge is 0.242 e. The molecule has 0 rings (SSSR count). The second-order valence-corrected chi connectivity index (χ2v) is 3.02. The first-order valence-corrected chi connectivity index (χ1v) is 4.71. The number of nitrogens with one attached hydrogen (secondary N) is 2. The third kappa shape index (κ3) is 6.42. The molecule has 0 aliphatic carbocycles. The topological polar surface area (TPSA) is 75.3 Å². The normalized spacial score (nSPS) is 11.3. The fourth-order valence-electron chi connectivity index (χ4n) is 1.02. The fourth-order valence-corrected chi connectivity index (χ4v) is 1.02. The van der Waals surface area contributed by atoms with Gasteiger partial charge in [0.05, 0.1) is 0 Å². The van der Waals surface area contributed by atoms with Gasteiger partial charge in [-0.15, -0.1) is 6.58 Å². The lowest BCUT2D eigenvalue weighted by Gasteiger charge is -2.15. The Morgan fingerprint density at radius 2 is 2.13 bits per heavy atom. The van der Waals surface area contributed by atoms with Crippen LogP contribution >= 0.6 is 0 Å². The van der Waals surface area contributed by atoms with E-state index < -0.39 is 6.04 Å². The van der Waals surface area contributed by atoms with Crippen LogP contribution in [0.5, 0.6) is 0 Å². The third-order valence-corrected chi connectivity index (χ3v) is 1.66. The highest BCUT2D eigenvalue weighted by Gasteiger charge is 2.16. The van der Waals surface area contributed by atoms with Crippen LogP contribution in [0.25, 0.3) is 0 Å². The molecule has 84 valence electrons. The summed E-state index contributed by atoms with van der Waals surface area (Å²) >= 11 is 0. The van der Waals surface area contributed by atoms with E-state index in [4.69, 9.17) is 0 Å². The maximum Gasteiger partial charge on any atom is 0.242 e. The molecule has 0 spiro atoms. The average Bonchev–Trinajstić information content (AvgIpc) is 2.17. The average molecular weight is 212 g/mol. The molecule has 5 nitrogen and oxygen atoms in total. The van der Waals surface area contributed by atoms with E-state index >= 15 is 0 Å². The zero-order valence-corrected chi connectivity index (χ0v) is 8.79. The Hall–Kier alpha value is -1.65. The third-order valence-electron chi connectivity index (χ3n) is 1.66. The second-order valence-electron chi connectivity index (χ2n) is 3.02. The monoisotopic (exact) mass is 212 g/mol. The van der Waals surface area contributed by atoms with Crippen LogP contribution in [0.15, 0.2) is 12.7 Å². The van der Waals surface area contributed by atoms with E-state index in [1.807, 2.05) is 0 Å². The van der Waals surface area contributed by atoms with Gasteiger partial charge in [-0.05, 0) is 6.42 Å². The predicted molar refractivity (Wildman–Crippen MR) is 56.1 cm³/mol. The Labute approximate surface area is 88.9 Å². The van der Waals surface area contributed by atoms with Crippen molar-refractivity contribution in [3.8, 4) is 0 Å². The number of hydrogen-bond acceptors (Lipinski definition) is 3. The van der Waals surface area contributed by atoms with E-state index in [0.29, 0.717) is 6.42 Å².